The van der Waals surface area contributed by atoms with Gasteiger partial charge in [-0.05, 0) is 42.2 Å². The Balaban J connectivity index is 2.01. The summed E-state index contributed by atoms with van der Waals surface area (Å²) in [5, 5.41) is 0. The lowest BCUT2D eigenvalue weighted by Gasteiger charge is -2.20. The Labute approximate surface area is 119 Å². The summed E-state index contributed by atoms with van der Waals surface area (Å²) in [7, 11) is 0. The highest BCUT2D eigenvalue weighted by Crippen LogP contribution is 2.31. The Kier molecular flexibility index (Phi) is 3.47. The van der Waals surface area contributed by atoms with E-state index >= 15 is 0 Å². The zero-order chi connectivity index (χ0) is 14.1. The number of nitrogens with one attached hydrogen (secondary N) is 1. The molecule has 1 atom stereocenters. The Morgan fingerprint density at radius 3 is 2.75 bits per heavy atom. The van der Waals surface area contributed by atoms with E-state index in [1.807, 2.05) is 6.07 Å². The maximum Gasteiger partial charge on any atom is 0.122 e. The first-order valence-corrected chi connectivity index (χ1v) is 6.98. The molecule has 3 nitrogen and oxygen atoms in total. The maximum absolute atomic E-state index is 5.81. The van der Waals surface area contributed by atoms with Gasteiger partial charge < -0.3 is 4.74 Å². The summed E-state index contributed by atoms with van der Waals surface area (Å²) >= 11 is 0. The van der Waals surface area contributed by atoms with Crippen LogP contribution in [0.4, 0.5) is 0 Å². The Morgan fingerprint density at radius 1 is 1.15 bits per heavy atom. The van der Waals surface area contributed by atoms with E-state index in [1.54, 1.807) is 0 Å². The van der Waals surface area contributed by atoms with Gasteiger partial charge in [-0.3, -0.25) is 5.84 Å². The van der Waals surface area contributed by atoms with Crippen molar-refractivity contribution in [2.75, 3.05) is 6.61 Å². The van der Waals surface area contributed by atoms with Gasteiger partial charge in [-0.1, -0.05) is 35.9 Å². The number of benzene rings is 2. The van der Waals surface area contributed by atoms with Crippen LogP contribution in [0.25, 0.3) is 0 Å². The SMILES string of the molecule is Cc1ccc(C(NN)c2ccc3c(c2)CCO3)c(C)c1. The van der Waals surface area contributed by atoms with Crippen LogP contribution in [0.15, 0.2) is 36.4 Å². The first-order chi connectivity index (χ1) is 9.69. The van der Waals surface area contributed by atoms with Crippen molar-refractivity contribution in [3.05, 3.63) is 64.2 Å². The fourth-order valence-electron chi connectivity index (χ4n) is 2.90. The lowest BCUT2D eigenvalue weighted by atomic mass is 9.93. The number of fused-ring (bicyclic) bond motifs is 1. The molecule has 1 heterocycles. The van der Waals surface area contributed by atoms with Gasteiger partial charge in [0.25, 0.3) is 0 Å². The van der Waals surface area contributed by atoms with Crippen LogP contribution >= 0.6 is 0 Å². The number of rotatable bonds is 3. The minimum absolute atomic E-state index is 0.0153. The molecule has 3 N–H and O–H groups in total. The van der Waals surface area contributed by atoms with Gasteiger partial charge in [0.1, 0.15) is 5.75 Å². The van der Waals surface area contributed by atoms with Crippen LogP contribution in [0.2, 0.25) is 0 Å². The van der Waals surface area contributed by atoms with Crippen molar-refractivity contribution in [2.24, 2.45) is 5.84 Å². The molecule has 3 rings (SSSR count). The second-order valence-corrected chi connectivity index (χ2v) is 5.43. The van der Waals surface area contributed by atoms with Crippen molar-refractivity contribution in [1.29, 1.82) is 0 Å². The molecule has 1 unspecified atom stereocenters. The monoisotopic (exact) mass is 268 g/mol. The average molecular weight is 268 g/mol. The van der Waals surface area contributed by atoms with E-state index in [1.165, 1.54) is 27.8 Å². The van der Waals surface area contributed by atoms with Crippen molar-refractivity contribution in [3.63, 3.8) is 0 Å². The molecule has 0 bridgehead atoms. The lowest BCUT2D eigenvalue weighted by molar-refractivity contribution is 0.357. The van der Waals surface area contributed by atoms with Crippen LogP contribution in [0, 0.1) is 13.8 Å². The third kappa shape index (κ3) is 2.30. The number of hydrogen-bond donors (Lipinski definition) is 2. The van der Waals surface area contributed by atoms with Gasteiger partial charge in [0.05, 0.1) is 12.6 Å². The fraction of sp³-hybridized carbons (Fsp3) is 0.294. The molecule has 0 aliphatic carbocycles. The Morgan fingerprint density at radius 2 is 2.00 bits per heavy atom. The van der Waals surface area contributed by atoms with Gasteiger partial charge in [-0.15, -0.1) is 0 Å². The molecule has 1 aliphatic heterocycles. The zero-order valence-corrected chi connectivity index (χ0v) is 11.9. The standard InChI is InChI=1S/C17H20N2O/c1-11-3-5-15(12(2)9-11)17(19-18)14-4-6-16-13(10-14)7-8-20-16/h3-6,9-10,17,19H,7-8,18H2,1-2H3. The number of hydrazine groups is 1. The topological polar surface area (TPSA) is 47.3 Å². The van der Waals surface area contributed by atoms with E-state index in [0.29, 0.717) is 0 Å². The number of hydrogen-bond acceptors (Lipinski definition) is 3. The average Bonchev–Trinajstić information content (AvgIpc) is 2.89. The van der Waals surface area contributed by atoms with E-state index < -0.39 is 0 Å². The quantitative estimate of drug-likeness (QED) is 0.664. The predicted octanol–water partition coefficient (Wildman–Crippen LogP) is 2.79. The molecular formula is C17H20N2O. The van der Waals surface area contributed by atoms with E-state index in [-0.39, 0.29) is 6.04 Å². The molecule has 2 aromatic rings. The molecule has 0 saturated carbocycles. The molecule has 0 spiro atoms. The Hall–Kier alpha value is -1.84. The Bertz CT molecular complexity index is 637. The number of nitrogens with two attached hydrogens (primary N) is 1. The van der Waals surface area contributed by atoms with E-state index in [2.05, 4.69) is 49.6 Å². The molecule has 104 valence electrons. The molecule has 20 heavy (non-hydrogen) atoms. The summed E-state index contributed by atoms with van der Waals surface area (Å²) < 4.78 is 5.56. The van der Waals surface area contributed by atoms with Crippen LogP contribution < -0.4 is 16.0 Å². The van der Waals surface area contributed by atoms with E-state index in [0.717, 1.165) is 18.8 Å². The highest BCUT2D eigenvalue weighted by Gasteiger charge is 2.18. The van der Waals surface area contributed by atoms with Gasteiger partial charge in [-0.25, -0.2) is 5.43 Å². The second kappa shape index (κ2) is 5.27. The molecule has 2 aromatic carbocycles. The minimum Gasteiger partial charge on any atom is -0.493 e. The van der Waals surface area contributed by atoms with Crippen molar-refractivity contribution >= 4 is 0 Å². The van der Waals surface area contributed by atoms with Gasteiger partial charge in [0.2, 0.25) is 0 Å². The zero-order valence-electron chi connectivity index (χ0n) is 11.9. The molecule has 0 saturated heterocycles. The van der Waals surface area contributed by atoms with Crippen molar-refractivity contribution < 1.29 is 4.74 Å². The summed E-state index contributed by atoms with van der Waals surface area (Å²) in [6.07, 6.45) is 0.980. The molecule has 0 radical (unpaired) electrons. The van der Waals surface area contributed by atoms with Crippen LogP contribution in [0.3, 0.4) is 0 Å². The van der Waals surface area contributed by atoms with E-state index in [4.69, 9.17) is 10.6 Å². The molecule has 0 fully saturated rings. The van der Waals surface area contributed by atoms with Crippen molar-refractivity contribution in [2.45, 2.75) is 26.3 Å². The normalized spacial score (nSPS) is 14.8. The van der Waals surface area contributed by atoms with Gasteiger partial charge in [0.15, 0.2) is 0 Å². The summed E-state index contributed by atoms with van der Waals surface area (Å²) in [4.78, 5) is 0. The second-order valence-electron chi connectivity index (χ2n) is 5.43. The summed E-state index contributed by atoms with van der Waals surface area (Å²) in [5.74, 6) is 6.81. The van der Waals surface area contributed by atoms with Crippen LogP contribution in [-0.2, 0) is 6.42 Å². The first kappa shape index (κ1) is 13.2. The fourth-order valence-corrected chi connectivity index (χ4v) is 2.90. The summed E-state index contributed by atoms with van der Waals surface area (Å²) in [6, 6.07) is 12.8. The molecule has 1 aliphatic rings. The van der Waals surface area contributed by atoms with Gasteiger partial charge in [-0.2, -0.15) is 0 Å². The molecule has 0 aromatic heterocycles. The van der Waals surface area contributed by atoms with E-state index in [9.17, 15) is 0 Å². The smallest absolute Gasteiger partial charge is 0.122 e. The van der Waals surface area contributed by atoms with Crippen molar-refractivity contribution in [1.82, 2.24) is 5.43 Å². The summed E-state index contributed by atoms with van der Waals surface area (Å²) in [6.45, 7) is 5.01. The third-order valence-corrected chi connectivity index (χ3v) is 3.95. The van der Waals surface area contributed by atoms with Gasteiger partial charge >= 0.3 is 0 Å². The first-order valence-electron chi connectivity index (χ1n) is 6.98. The van der Waals surface area contributed by atoms with Gasteiger partial charge in [0, 0.05) is 6.42 Å². The van der Waals surface area contributed by atoms with Crippen LogP contribution in [0.5, 0.6) is 5.75 Å². The predicted molar refractivity (Wildman–Crippen MR) is 80.7 cm³/mol. The largest absolute Gasteiger partial charge is 0.493 e. The number of aryl methyl sites for hydroxylation is 2. The highest BCUT2D eigenvalue weighted by molar-refractivity contribution is 5.45. The van der Waals surface area contributed by atoms with Crippen molar-refractivity contribution in [3.8, 4) is 5.75 Å². The molecular weight excluding hydrogens is 248 g/mol. The number of ether oxygens (including phenoxy) is 1. The third-order valence-electron chi connectivity index (χ3n) is 3.95. The summed E-state index contributed by atoms with van der Waals surface area (Å²) in [5.41, 5.74) is 9.14. The maximum atomic E-state index is 5.81. The lowest BCUT2D eigenvalue weighted by Crippen LogP contribution is -2.29. The molecule has 0 amide bonds. The molecule has 3 heteroatoms. The van der Waals surface area contributed by atoms with Crippen LogP contribution in [0.1, 0.15) is 33.9 Å². The highest BCUT2D eigenvalue weighted by atomic mass is 16.5. The van der Waals surface area contributed by atoms with Crippen LogP contribution in [-0.4, -0.2) is 6.61 Å². The minimum atomic E-state index is 0.0153.